The predicted molar refractivity (Wildman–Crippen MR) is 82.8 cm³/mol. The van der Waals surface area contributed by atoms with Crippen molar-refractivity contribution in [2.75, 3.05) is 18.0 Å². The first-order valence-corrected chi connectivity index (χ1v) is 7.56. The standard InChI is InChI=1S/C15H21N3S/c1-3-18(14-7-5-4-6-12(14)2)10-13-11-19-15(17-13)8-9-16/h4-7,11H,3,8-10,16H2,1-2H3. The highest BCUT2D eigenvalue weighted by Crippen LogP contribution is 2.22. The summed E-state index contributed by atoms with van der Waals surface area (Å²) >= 11 is 1.71. The molecule has 0 amide bonds. The van der Waals surface area contributed by atoms with Crippen LogP contribution in [0, 0.1) is 6.92 Å². The molecule has 0 saturated heterocycles. The van der Waals surface area contributed by atoms with Gasteiger partial charge in [0.2, 0.25) is 0 Å². The van der Waals surface area contributed by atoms with E-state index in [0.29, 0.717) is 6.54 Å². The van der Waals surface area contributed by atoms with Crippen molar-refractivity contribution in [2.45, 2.75) is 26.8 Å². The fourth-order valence-electron chi connectivity index (χ4n) is 2.14. The molecule has 0 bridgehead atoms. The Kier molecular flexibility index (Phi) is 4.93. The Morgan fingerprint density at radius 3 is 2.79 bits per heavy atom. The first kappa shape index (κ1) is 14.0. The summed E-state index contributed by atoms with van der Waals surface area (Å²) in [7, 11) is 0. The summed E-state index contributed by atoms with van der Waals surface area (Å²) in [6.07, 6.45) is 0.876. The van der Waals surface area contributed by atoms with Crippen molar-refractivity contribution in [1.82, 2.24) is 4.98 Å². The Labute approximate surface area is 119 Å². The average Bonchev–Trinajstić information content (AvgIpc) is 2.85. The SMILES string of the molecule is CCN(Cc1csc(CCN)n1)c1ccccc1C. The van der Waals surface area contributed by atoms with Crippen LogP contribution in [0.5, 0.6) is 0 Å². The molecule has 2 rings (SSSR count). The molecule has 2 aromatic rings. The van der Waals surface area contributed by atoms with Gasteiger partial charge in [0.15, 0.2) is 0 Å². The Hall–Kier alpha value is -1.39. The van der Waals surface area contributed by atoms with Crippen LogP contribution in [0.25, 0.3) is 0 Å². The number of hydrogen-bond donors (Lipinski definition) is 1. The molecule has 0 atom stereocenters. The van der Waals surface area contributed by atoms with Crippen LogP contribution in [-0.2, 0) is 13.0 Å². The van der Waals surface area contributed by atoms with Crippen LogP contribution in [0.1, 0.15) is 23.2 Å². The third-order valence-electron chi connectivity index (χ3n) is 3.15. The number of benzene rings is 1. The molecule has 0 unspecified atom stereocenters. The lowest BCUT2D eigenvalue weighted by Crippen LogP contribution is -2.23. The summed E-state index contributed by atoms with van der Waals surface area (Å²) in [5.74, 6) is 0. The summed E-state index contributed by atoms with van der Waals surface area (Å²) in [5, 5.41) is 3.28. The molecule has 4 heteroatoms. The van der Waals surface area contributed by atoms with Crippen LogP contribution in [0.3, 0.4) is 0 Å². The smallest absolute Gasteiger partial charge is 0.0941 e. The first-order valence-electron chi connectivity index (χ1n) is 6.68. The van der Waals surface area contributed by atoms with E-state index in [-0.39, 0.29) is 0 Å². The van der Waals surface area contributed by atoms with E-state index in [1.807, 2.05) is 0 Å². The van der Waals surface area contributed by atoms with Crippen LogP contribution >= 0.6 is 11.3 Å². The van der Waals surface area contributed by atoms with E-state index < -0.39 is 0 Å². The molecule has 0 saturated carbocycles. The molecule has 19 heavy (non-hydrogen) atoms. The molecule has 1 heterocycles. The van der Waals surface area contributed by atoms with E-state index in [9.17, 15) is 0 Å². The van der Waals surface area contributed by atoms with Gasteiger partial charge < -0.3 is 10.6 Å². The molecule has 0 spiro atoms. The molecule has 0 radical (unpaired) electrons. The van der Waals surface area contributed by atoms with Crippen molar-refractivity contribution >= 4 is 17.0 Å². The van der Waals surface area contributed by atoms with Crippen molar-refractivity contribution in [1.29, 1.82) is 0 Å². The third kappa shape index (κ3) is 3.55. The van der Waals surface area contributed by atoms with Gasteiger partial charge in [0.05, 0.1) is 17.2 Å². The zero-order chi connectivity index (χ0) is 13.7. The van der Waals surface area contributed by atoms with Gasteiger partial charge in [-0.25, -0.2) is 4.98 Å². The van der Waals surface area contributed by atoms with Gasteiger partial charge in [-0.15, -0.1) is 11.3 Å². The Morgan fingerprint density at radius 2 is 2.11 bits per heavy atom. The zero-order valence-corrected chi connectivity index (χ0v) is 12.4. The van der Waals surface area contributed by atoms with Crippen molar-refractivity contribution < 1.29 is 0 Å². The van der Waals surface area contributed by atoms with Crippen LogP contribution in [0.2, 0.25) is 0 Å². The number of thiazole rings is 1. The van der Waals surface area contributed by atoms with Gasteiger partial charge in [0, 0.05) is 24.0 Å². The normalized spacial score (nSPS) is 10.7. The molecule has 1 aromatic carbocycles. The second kappa shape index (κ2) is 6.68. The number of aromatic nitrogens is 1. The van der Waals surface area contributed by atoms with Gasteiger partial charge in [0.25, 0.3) is 0 Å². The van der Waals surface area contributed by atoms with Crippen molar-refractivity contribution in [2.24, 2.45) is 5.73 Å². The highest BCUT2D eigenvalue weighted by atomic mass is 32.1. The molecule has 1 aromatic heterocycles. The number of anilines is 1. The van der Waals surface area contributed by atoms with Gasteiger partial charge in [-0.05, 0) is 32.0 Å². The number of rotatable bonds is 6. The van der Waals surface area contributed by atoms with Crippen molar-refractivity contribution in [3.63, 3.8) is 0 Å². The Bertz CT molecular complexity index is 522. The van der Waals surface area contributed by atoms with Crippen LogP contribution in [0.4, 0.5) is 5.69 Å². The largest absolute Gasteiger partial charge is 0.366 e. The lowest BCUT2D eigenvalue weighted by molar-refractivity contribution is 0.804. The van der Waals surface area contributed by atoms with Crippen LogP contribution < -0.4 is 10.6 Å². The summed E-state index contributed by atoms with van der Waals surface area (Å²) in [5.41, 5.74) is 9.30. The Morgan fingerprint density at radius 1 is 1.32 bits per heavy atom. The number of nitrogens with two attached hydrogens (primary N) is 1. The van der Waals surface area contributed by atoms with E-state index in [0.717, 1.165) is 30.2 Å². The summed E-state index contributed by atoms with van der Waals surface area (Å²) < 4.78 is 0. The topological polar surface area (TPSA) is 42.1 Å². The molecule has 0 aliphatic heterocycles. The average molecular weight is 275 g/mol. The minimum Gasteiger partial charge on any atom is -0.366 e. The summed E-state index contributed by atoms with van der Waals surface area (Å²) in [6, 6.07) is 8.49. The third-order valence-corrected chi connectivity index (χ3v) is 4.11. The minimum absolute atomic E-state index is 0.669. The van der Waals surface area contributed by atoms with E-state index in [2.05, 4.69) is 53.4 Å². The highest BCUT2D eigenvalue weighted by molar-refractivity contribution is 7.09. The maximum atomic E-state index is 5.56. The monoisotopic (exact) mass is 275 g/mol. The number of aryl methyl sites for hydroxylation is 1. The second-order valence-electron chi connectivity index (χ2n) is 4.57. The Balaban J connectivity index is 2.12. The number of nitrogens with zero attached hydrogens (tertiary/aromatic N) is 2. The highest BCUT2D eigenvalue weighted by Gasteiger charge is 2.10. The second-order valence-corrected chi connectivity index (χ2v) is 5.51. The van der Waals surface area contributed by atoms with E-state index in [4.69, 9.17) is 5.73 Å². The van der Waals surface area contributed by atoms with E-state index in [1.165, 1.54) is 11.3 Å². The molecule has 0 fully saturated rings. The number of hydrogen-bond acceptors (Lipinski definition) is 4. The lowest BCUT2D eigenvalue weighted by atomic mass is 10.2. The van der Waals surface area contributed by atoms with E-state index in [1.54, 1.807) is 11.3 Å². The van der Waals surface area contributed by atoms with Gasteiger partial charge in [-0.2, -0.15) is 0 Å². The first-order chi connectivity index (χ1) is 9.24. The van der Waals surface area contributed by atoms with Crippen molar-refractivity contribution in [3.8, 4) is 0 Å². The molecule has 102 valence electrons. The molecular formula is C15H21N3S. The van der Waals surface area contributed by atoms with Gasteiger partial charge in [-0.3, -0.25) is 0 Å². The maximum Gasteiger partial charge on any atom is 0.0941 e. The van der Waals surface area contributed by atoms with Crippen molar-refractivity contribution in [3.05, 3.63) is 45.9 Å². The quantitative estimate of drug-likeness (QED) is 0.881. The summed E-state index contributed by atoms with van der Waals surface area (Å²) in [4.78, 5) is 7.00. The molecule has 0 aliphatic carbocycles. The lowest BCUT2D eigenvalue weighted by Gasteiger charge is -2.24. The molecular weight excluding hydrogens is 254 g/mol. The maximum absolute atomic E-state index is 5.56. The molecule has 2 N–H and O–H groups in total. The van der Waals surface area contributed by atoms with Crippen LogP contribution in [-0.4, -0.2) is 18.1 Å². The molecule has 0 aliphatic rings. The van der Waals surface area contributed by atoms with Gasteiger partial charge in [0.1, 0.15) is 0 Å². The number of para-hydroxylation sites is 1. The fourth-order valence-corrected chi connectivity index (χ4v) is 2.95. The molecule has 3 nitrogen and oxygen atoms in total. The van der Waals surface area contributed by atoms with E-state index >= 15 is 0 Å². The zero-order valence-electron chi connectivity index (χ0n) is 11.6. The van der Waals surface area contributed by atoms with Gasteiger partial charge in [-0.1, -0.05) is 18.2 Å². The fraction of sp³-hybridized carbons (Fsp3) is 0.400. The predicted octanol–water partition coefficient (Wildman–Crippen LogP) is 2.98. The van der Waals surface area contributed by atoms with Crippen LogP contribution in [0.15, 0.2) is 29.6 Å². The van der Waals surface area contributed by atoms with Gasteiger partial charge >= 0.3 is 0 Å². The summed E-state index contributed by atoms with van der Waals surface area (Å²) in [6.45, 7) is 6.85. The minimum atomic E-state index is 0.669.